The van der Waals surface area contributed by atoms with Gasteiger partial charge in [-0.1, -0.05) is 13.8 Å². The van der Waals surface area contributed by atoms with Gasteiger partial charge in [0.25, 0.3) is 0 Å². The highest BCUT2D eigenvalue weighted by molar-refractivity contribution is 9.10. The molecule has 0 fully saturated rings. The molecular weight excluding hydrogens is 282 g/mol. The number of nitrogens with two attached hydrogens (primary N) is 1. The van der Waals surface area contributed by atoms with Crippen molar-refractivity contribution in [2.75, 3.05) is 5.32 Å². The first-order valence-electron chi connectivity index (χ1n) is 5.21. The molecule has 1 aromatic carbocycles. The summed E-state index contributed by atoms with van der Waals surface area (Å²) in [6.07, 6.45) is 0. The predicted octanol–water partition coefficient (Wildman–Crippen LogP) is 2.24. The van der Waals surface area contributed by atoms with Gasteiger partial charge in [-0.05, 0) is 40.0 Å². The first-order chi connectivity index (χ1) is 7.95. The molecule has 90 valence electrons. The van der Waals surface area contributed by atoms with Gasteiger partial charge in [0.2, 0.25) is 5.91 Å². The number of rotatable bonds is 3. The minimum absolute atomic E-state index is 0.0761. The number of hydrogen-bond acceptors (Lipinski definition) is 3. The molecule has 1 amide bonds. The van der Waals surface area contributed by atoms with Crippen molar-refractivity contribution in [3.8, 4) is 6.07 Å². The second-order valence-electron chi connectivity index (χ2n) is 4.07. The molecule has 17 heavy (non-hydrogen) atoms. The Kier molecular flexibility index (Phi) is 4.67. The van der Waals surface area contributed by atoms with Gasteiger partial charge in [0.1, 0.15) is 0 Å². The fraction of sp³-hybridized carbons (Fsp3) is 0.333. The summed E-state index contributed by atoms with van der Waals surface area (Å²) in [5.74, 6) is -0.155. The van der Waals surface area contributed by atoms with Crippen molar-refractivity contribution in [2.45, 2.75) is 19.9 Å². The van der Waals surface area contributed by atoms with Crippen LogP contribution in [0.2, 0.25) is 0 Å². The van der Waals surface area contributed by atoms with Crippen LogP contribution < -0.4 is 11.1 Å². The Labute approximate surface area is 109 Å². The zero-order chi connectivity index (χ0) is 13.0. The maximum absolute atomic E-state index is 11.7. The largest absolute Gasteiger partial charge is 0.324 e. The van der Waals surface area contributed by atoms with E-state index in [9.17, 15) is 4.79 Å². The quantitative estimate of drug-likeness (QED) is 0.897. The highest BCUT2D eigenvalue weighted by atomic mass is 79.9. The Hall–Kier alpha value is -1.38. The van der Waals surface area contributed by atoms with E-state index < -0.39 is 6.04 Å². The molecule has 0 aromatic heterocycles. The summed E-state index contributed by atoms with van der Waals surface area (Å²) in [4.78, 5) is 11.7. The number of hydrogen-bond donors (Lipinski definition) is 2. The summed E-state index contributed by atoms with van der Waals surface area (Å²) in [5.41, 5.74) is 6.88. The van der Waals surface area contributed by atoms with Gasteiger partial charge >= 0.3 is 0 Å². The average Bonchev–Trinajstić information content (AvgIpc) is 2.30. The van der Waals surface area contributed by atoms with Crippen molar-refractivity contribution in [3.63, 3.8) is 0 Å². The summed E-state index contributed by atoms with van der Waals surface area (Å²) in [7, 11) is 0. The van der Waals surface area contributed by atoms with Gasteiger partial charge in [-0.15, -0.1) is 0 Å². The first-order valence-corrected chi connectivity index (χ1v) is 6.01. The Morgan fingerprint density at radius 1 is 1.53 bits per heavy atom. The van der Waals surface area contributed by atoms with Gasteiger partial charge < -0.3 is 11.1 Å². The molecule has 0 radical (unpaired) electrons. The Morgan fingerprint density at radius 3 is 2.65 bits per heavy atom. The van der Waals surface area contributed by atoms with Crippen LogP contribution in [0.5, 0.6) is 0 Å². The number of nitriles is 1. The third kappa shape index (κ3) is 3.55. The number of nitrogens with zero attached hydrogens (tertiary/aromatic N) is 1. The fourth-order valence-electron chi connectivity index (χ4n) is 1.20. The van der Waals surface area contributed by atoms with Crippen molar-refractivity contribution in [1.29, 1.82) is 5.26 Å². The first kappa shape index (κ1) is 13.7. The van der Waals surface area contributed by atoms with Crippen molar-refractivity contribution in [3.05, 3.63) is 28.2 Å². The highest BCUT2D eigenvalue weighted by Crippen LogP contribution is 2.23. The average molecular weight is 296 g/mol. The van der Waals surface area contributed by atoms with Crippen LogP contribution in [0.4, 0.5) is 5.69 Å². The summed E-state index contributed by atoms with van der Waals surface area (Å²) in [5, 5.41) is 11.4. The van der Waals surface area contributed by atoms with Gasteiger partial charge in [0.15, 0.2) is 0 Å². The third-order valence-electron chi connectivity index (χ3n) is 2.38. The van der Waals surface area contributed by atoms with E-state index in [0.29, 0.717) is 15.7 Å². The minimum Gasteiger partial charge on any atom is -0.324 e. The van der Waals surface area contributed by atoms with E-state index in [0.717, 1.165) is 0 Å². The van der Waals surface area contributed by atoms with Crippen LogP contribution in [0, 0.1) is 17.2 Å². The lowest BCUT2D eigenvalue weighted by Gasteiger charge is -2.16. The maximum atomic E-state index is 11.7. The number of halogens is 1. The van der Waals surface area contributed by atoms with Crippen LogP contribution in [-0.4, -0.2) is 11.9 Å². The smallest absolute Gasteiger partial charge is 0.241 e. The van der Waals surface area contributed by atoms with E-state index >= 15 is 0 Å². The van der Waals surface area contributed by atoms with E-state index in [-0.39, 0.29) is 11.8 Å². The normalized spacial score (nSPS) is 12.0. The van der Waals surface area contributed by atoms with Gasteiger partial charge in [-0.25, -0.2) is 0 Å². The van der Waals surface area contributed by atoms with Crippen LogP contribution in [0.15, 0.2) is 22.7 Å². The molecule has 0 saturated heterocycles. The standard InChI is InChI=1S/C12H14BrN3O/c1-7(2)11(15)12(17)16-10-4-3-8(6-14)5-9(10)13/h3-5,7,11H,15H2,1-2H3,(H,16,17)/t11-/m1/s1. The molecule has 1 aromatic rings. The van der Waals surface area contributed by atoms with Crippen LogP contribution in [0.3, 0.4) is 0 Å². The summed E-state index contributed by atoms with van der Waals surface area (Å²) < 4.78 is 0.667. The number of amides is 1. The Bertz CT molecular complexity index is 465. The van der Waals surface area contributed by atoms with Crippen LogP contribution in [0.1, 0.15) is 19.4 Å². The van der Waals surface area contributed by atoms with Crippen molar-refractivity contribution < 1.29 is 4.79 Å². The second kappa shape index (κ2) is 5.80. The third-order valence-corrected chi connectivity index (χ3v) is 3.03. The van der Waals surface area contributed by atoms with Crippen molar-refractivity contribution >= 4 is 27.5 Å². The lowest BCUT2D eigenvalue weighted by atomic mass is 10.0. The van der Waals surface area contributed by atoms with E-state index in [1.165, 1.54) is 0 Å². The fourth-order valence-corrected chi connectivity index (χ4v) is 1.68. The zero-order valence-corrected chi connectivity index (χ0v) is 11.3. The summed E-state index contributed by atoms with van der Waals surface area (Å²) >= 11 is 3.30. The minimum atomic E-state index is -0.544. The van der Waals surface area contributed by atoms with E-state index in [1.807, 2.05) is 19.9 Å². The number of benzene rings is 1. The van der Waals surface area contributed by atoms with Gasteiger partial charge in [0, 0.05) is 4.47 Å². The maximum Gasteiger partial charge on any atom is 0.241 e. The number of nitrogens with one attached hydrogen (secondary N) is 1. The number of anilines is 1. The zero-order valence-electron chi connectivity index (χ0n) is 9.70. The van der Waals surface area contributed by atoms with Gasteiger partial charge in [0.05, 0.1) is 23.4 Å². The predicted molar refractivity (Wildman–Crippen MR) is 70.3 cm³/mol. The van der Waals surface area contributed by atoms with Gasteiger partial charge in [-0.2, -0.15) is 5.26 Å². The molecule has 5 heteroatoms. The topological polar surface area (TPSA) is 78.9 Å². The van der Waals surface area contributed by atoms with Gasteiger partial charge in [-0.3, -0.25) is 4.79 Å². The molecule has 0 aliphatic carbocycles. The van der Waals surface area contributed by atoms with E-state index in [2.05, 4.69) is 21.2 Å². The SMILES string of the molecule is CC(C)[C@@H](N)C(=O)Nc1ccc(C#N)cc1Br. The Morgan fingerprint density at radius 2 is 2.18 bits per heavy atom. The molecule has 0 aliphatic heterocycles. The van der Waals surface area contributed by atoms with Crippen molar-refractivity contribution in [1.82, 2.24) is 0 Å². The van der Waals surface area contributed by atoms with E-state index in [1.54, 1.807) is 18.2 Å². The molecule has 0 spiro atoms. The lowest BCUT2D eigenvalue weighted by Crippen LogP contribution is -2.39. The van der Waals surface area contributed by atoms with Crippen LogP contribution in [0.25, 0.3) is 0 Å². The monoisotopic (exact) mass is 295 g/mol. The van der Waals surface area contributed by atoms with Crippen LogP contribution >= 0.6 is 15.9 Å². The molecule has 0 unspecified atom stereocenters. The van der Waals surface area contributed by atoms with Crippen molar-refractivity contribution in [2.24, 2.45) is 11.7 Å². The molecule has 1 atom stereocenters. The summed E-state index contributed by atoms with van der Waals surface area (Å²) in [6.45, 7) is 3.77. The number of carbonyl (C=O) groups is 1. The summed E-state index contributed by atoms with van der Waals surface area (Å²) in [6, 6.07) is 6.44. The molecule has 0 saturated carbocycles. The molecule has 4 nitrogen and oxygen atoms in total. The lowest BCUT2D eigenvalue weighted by molar-refractivity contribution is -0.118. The number of carbonyl (C=O) groups excluding carboxylic acids is 1. The highest BCUT2D eigenvalue weighted by Gasteiger charge is 2.17. The molecule has 0 heterocycles. The Balaban J connectivity index is 2.83. The molecule has 1 rings (SSSR count). The molecular formula is C12H14BrN3O. The molecule has 3 N–H and O–H groups in total. The van der Waals surface area contributed by atoms with E-state index in [4.69, 9.17) is 11.0 Å². The molecule has 0 aliphatic rings. The molecule has 0 bridgehead atoms. The van der Waals surface area contributed by atoms with Crippen LogP contribution in [-0.2, 0) is 4.79 Å². The second-order valence-corrected chi connectivity index (χ2v) is 4.92.